The third-order valence-electron chi connectivity index (χ3n) is 4.49. The van der Waals surface area contributed by atoms with Crippen molar-refractivity contribution >= 4 is 22.5 Å². The Kier molecular flexibility index (Phi) is 4.25. The molecule has 1 fully saturated rings. The van der Waals surface area contributed by atoms with Crippen LogP contribution in [-0.2, 0) is 11.2 Å². The van der Waals surface area contributed by atoms with Crippen LogP contribution in [0.15, 0.2) is 72.0 Å². The van der Waals surface area contributed by atoms with Gasteiger partial charge in [-0.25, -0.2) is 5.01 Å². The first kappa shape index (κ1) is 15.5. The average molecular weight is 329 g/mol. The van der Waals surface area contributed by atoms with Gasteiger partial charge in [-0.1, -0.05) is 48.5 Å². The Bertz CT molecular complexity index is 929. The van der Waals surface area contributed by atoms with E-state index in [0.717, 1.165) is 28.6 Å². The van der Waals surface area contributed by atoms with Crippen LogP contribution in [0.25, 0.3) is 10.9 Å². The lowest BCUT2D eigenvalue weighted by Gasteiger charge is -2.14. The lowest BCUT2D eigenvalue weighted by Crippen LogP contribution is -2.21. The number of aromatic nitrogens is 1. The van der Waals surface area contributed by atoms with Crippen LogP contribution in [-0.4, -0.2) is 28.2 Å². The highest BCUT2D eigenvalue weighted by Crippen LogP contribution is 2.20. The van der Waals surface area contributed by atoms with Crippen molar-refractivity contribution in [3.8, 4) is 0 Å². The van der Waals surface area contributed by atoms with Crippen molar-refractivity contribution in [2.75, 3.05) is 6.54 Å². The van der Waals surface area contributed by atoms with Gasteiger partial charge in [0.1, 0.15) is 0 Å². The summed E-state index contributed by atoms with van der Waals surface area (Å²) in [4.78, 5) is 16.4. The summed E-state index contributed by atoms with van der Waals surface area (Å²) in [5, 5.41) is 7.45. The molecule has 0 radical (unpaired) electrons. The quantitative estimate of drug-likeness (QED) is 0.683. The second-order valence-electron chi connectivity index (χ2n) is 6.20. The maximum absolute atomic E-state index is 12.0. The predicted molar refractivity (Wildman–Crippen MR) is 99.4 cm³/mol. The fourth-order valence-corrected chi connectivity index (χ4v) is 3.20. The van der Waals surface area contributed by atoms with Crippen molar-refractivity contribution in [2.24, 2.45) is 5.10 Å². The summed E-state index contributed by atoms with van der Waals surface area (Å²) < 4.78 is 0. The van der Waals surface area contributed by atoms with Crippen LogP contribution in [0.5, 0.6) is 0 Å². The van der Waals surface area contributed by atoms with Crippen molar-refractivity contribution in [3.63, 3.8) is 0 Å². The summed E-state index contributed by atoms with van der Waals surface area (Å²) in [7, 11) is 0. The molecular formula is C21H19N3O. The minimum Gasteiger partial charge on any atom is -0.273 e. The highest BCUT2D eigenvalue weighted by Gasteiger charge is 2.21. The van der Waals surface area contributed by atoms with Crippen LogP contribution < -0.4 is 0 Å². The molecule has 1 aromatic heterocycles. The van der Waals surface area contributed by atoms with E-state index in [2.05, 4.69) is 11.1 Å². The van der Waals surface area contributed by atoms with E-state index in [0.29, 0.717) is 19.4 Å². The Morgan fingerprint density at radius 3 is 2.64 bits per heavy atom. The Morgan fingerprint density at radius 1 is 1.04 bits per heavy atom. The highest BCUT2D eigenvalue weighted by atomic mass is 16.2. The maximum atomic E-state index is 12.0. The molecule has 0 unspecified atom stereocenters. The minimum absolute atomic E-state index is 0.105. The maximum Gasteiger partial charge on any atom is 0.242 e. The standard InChI is InChI=1S/C21H19N3O/c25-21-11-6-14-24(21)23-20(16-7-2-1-3-8-16)15-17-12-13-22-19-10-5-4-9-18(17)19/h1-5,7-10,12-13H,6,11,14-15H2. The van der Waals surface area contributed by atoms with Gasteiger partial charge in [0.05, 0.1) is 11.2 Å². The first-order valence-electron chi connectivity index (χ1n) is 8.57. The SMILES string of the molecule is O=C1CCCN1N=C(Cc1ccnc2ccccc12)c1ccccc1. The number of hydrogen-bond donors (Lipinski definition) is 0. The highest BCUT2D eigenvalue weighted by molar-refractivity contribution is 6.04. The summed E-state index contributed by atoms with van der Waals surface area (Å²) in [6.07, 6.45) is 3.96. The Balaban J connectivity index is 1.76. The lowest BCUT2D eigenvalue weighted by atomic mass is 9.99. The van der Waals surface area contributed by atoms with E-state index < -0.39 is 0 Å². The Labute approximate surface area is 146 Å². The fourth-order valence-electron chi connectivity index (χ4n) is 3.20. The molecule has 0 atom stereocenters. The average Bonchev–Trinajstić information content (AvgIpc) is 3.07. The molecule has 0 N–H and O–H groups in total. The van der Waals surface area contributed by atoms with Crippen molar-refractivity contribution < 1.29 is 4.79 Å². The molecule has 4 heteroatoms. The molecule has 0 spiro atoms. The van der Waals surface area contributed by atoms with E-state index in [4.69, 9.17) is 5.10 Å². The molecular weight excluding hydrogens is 310 g/mol. The van der Waals surface area contributed by atoms with Gasteiger partial charge in [0.25, 0.3) is 0 Å². The molecule has 2 aromatic carbocycles. The van der Waals surface area contributed by atoms with Gasteiger partial charge in [-0.2, -0.15) is 5.10 Å². The van der Waals surface area contributed by atoms with Crippen LogP contribution in [0.4, 0.5) is 0 Å². The van der Waals surface area contributed by atoms with E-state index >= 15 is 0 Å². The molecule has 4 rings (SSSR count). The molecule has 3 aromatic rings. The van der Waals surface area contributed by atoms with Gasteiger partial charge < -0.3 is 0 Å². The molecule has 0 bridgehead atoms. The molecule has 1 aliphatic heterocycles. The van der Waals surface area contributed by atoms with Crippen LogP contribution in [0.1, 0.15) is 24.0 Å². The summed E-state index contributed by atoms with van der Waals surface area (Å²) in [5.74, 6) is 0.105. The molecule has 124 valence electrons. The first-order chi connectivity index (χ1) is 12.3. The van der Waals surface area contributed by atoms with Crippen LogP contribution in [0.3, 0.4) is 0 Å². The zero-order chi connectivity index (χ0) is 17.1. The Morgan fingerprint density at radius 2 is 1.84 bits per heavy atom. The number of carbonyl (C=O) groups excluding carboxylic acids is 1. The van der Waals surface area contributed by atoms with Crippen LogP contribution >= 0.6 is 0 Å². The third kappa shape index (κ3) is 3.29. The zero-order valence-electron chi connectivity index (χ0n) is 13.9. The number of fused-ring (bicyclic) bond motifs is 1. The molecule has 25 heavy (non-hydrogen) atoms. The number of para-hydroxylation sites is 1. The lowest BCUT2D eigenvalue weighted by molar-refractivity contribution is -0.127. The van der Waals surface area contributed by atoms with Crippen molar-refractivity contribution in [1.29, 1.82) is 0 Å². The molecule has 0 aliphatic carbocycles. The van der Waals surface area contributed by atoms with Gasteiger partial charge in [0.2, 0.25) is 5.91 Å². The number of hydrogen-bond acceptors (Lipinski definition) is 3. The topological polar surface area (TPSA) is 45.6 Å². The number of hydrazone groups is 1. The second kappa shape index (κ2) is 6.85. The van der Waals surface area contributed by atoms with E-state index in [9.17, 15) is 4.79 Å². The van der Waals surface area contributed by atoms with Gasteiger partial charge in [0.15, 0.2) is 0 Å². The van der Waals surface area contributed by atoms with Crippen molar-refractivity contribution in [2.45, 2.75) is 19.3 Å². The predicted octanol–water partition coefficient (Wildman–Crippen LogP) is 3.80. The van der Waals surface area contributed by atoms with Gasteiger partial charge >= 0.3 is 0 Å². The largest absolute Gasteiger partial charge is 0.273 e. The van der Waals surface area contributed by atoms with Gasteiger partial charge in [-0.15, -0.1) is 0 Å². The van der Waals surface area contributed by atoms with Crippen molar-refractivity contribution in [3.05, 3.63) is 78.0 Å². The molecule has 1 saturated heterocycles. The number of amides is 1. The smallest absolute Gasteiger partial charge is 0.242 e. The third-order valence-corrected chi connectivity index (χ3v) is 4.49. The minimum atomic E-state index is 0.105. The van der Waals surface area contributed by atoms with E-state index in [1.807, 2.05) is 60.8 Å². The fraction of sp³-hybridized carbons (Fsp3) is 0.190. The number of carbonyl (C=O) groups is 1. The molecule has 1 aliphatic rings. The summed E-state index contributed by atoms with van der Waals surface area (Å²) >= 11 is 0. The van der Waals surface area contributed by atoms with Gasteiger partial charge in [-0.3, -0.25) is 9.78 Å². The van der Waals surface area contributed by atoms with Crippen molar-refractivity contribution in [1.82, 2.24) is 9.99 Å². The van der Waals surface area contributed by atoms with Gasteiger partial charge in [-0.05, 0) is 29.7 Å². The number of benzene rings is 2. The van der Waals surface area contributed by atoms with E-state index in [1.165, 1.54) is 5.56 Å². The number of nitrogens with zero attached hydrogens (tertiary/aromatic N) is 3. The normalized spacial score (nSPS) is 15.1. The monoisotopic (exact) mass is 329 g/mol. The molecule has 2 heterocycles. The van der Waals surface area contributed by atoms with E-state index in [-0.39, 0.29) is 5.91 Å². The van der Waals surface area contributed by atoms with Gasteiger partial charge in [0, 0.05) is 31.0 Å². The Hall–Kier alpha value is -3.01. The number of pyridine rings is 1. The second-order valence-corrected chi connectivity index (χ2v) is 6.20. The summed E-state index contributed by atoms with van der Waals surface area (Å²) in [5.41, 5.74) is 4.10. The molecule has 1 amide bonds. The summed E-state index contributed by atoms with van der Waals surface area (Å²) in [6, 6.07) is 20.2. The van der Waals surface area contributed by atoms with E-state index in [1.54, 1.807) is 5.01 Å². The molecule has 0 saturated carbocycles. The summed E-state index contributed by atoms with van der Waals surface area (Å²) in [6.45, 7) is 0.701. The van der Waals surface area contributed by atoms with Crippen LogP contribution in [0, 0.1) is 0 Å². The zero-order valence-corrected chi connectivity index (χ0v) is 13.9. The first-order valence-corrected chi connectivity index (χ1v) is 8.57. The number of rotatable bonds is 4. The molecule has 4 nitrogen and oxygen atoms in total. The van der Waals surface area contributed by atoms with Crippen LogP contribution in [0.2, 0.25) is 0 Å².